The number of rotatable bonds is 0. The molecule has 1 heterocycles. The monoisotopic (exact) mass is 99.0 g/mol. The van der Waals surface area contributed by atoms with Crippen molar-refractivity contribution in [3.63, 3.8) is 0 Å². The molecule has 0 saturated heterocycles. The summed E-state index contributed by atoms with van der Waals surface area (Å²) in [5.74, 6) is 1.20. The molecular weight excluding hydrogens is 92.9 g/mol. The van der Waals surface area contributed by atoms with Gasteiger partial charge >= 0.3 is 0 Å². The lowest BCUT2D eigenvalue weighted by Gasteiger charge is -1.76. The zero-order chi connectivity index (χ0) is 4.41. The van der Waals surface area contributed by atoms with E-state index in [2.05, 4.69) is 12.8 Å². The Balaban J connectivity index is 2.45. The molecule has 0 amide bonds. The molecule has 1 rings (SSSR count). The molecule has 0 unspecified atom stereocenters. The van der Waals surface area contributed by atoms with Gasteiger partial charge in [-0.05, 0) is 0 Å². The van der Waals surface area contributed by atoms with Crippen molar-refractivity contribution in [2.45, 2.75) is 0 Å². The minimum Gasteiger partial charge on any atom is -0.293 e. The van der Waals surface area contributed by atoms with Crippen molar-refractivity contribution < 1.29 is 0 Å². The summed E-state index contributed by atoms with van der Waals surface area (Å²) in [4.78, 5) is 5.36. The molecule has 1 nitrogen and oxygen atoms in total. The van der Waals surface area contributed by atoms with Crippen LogP contribution in [0.5, 0.6) is 0 Å². The van der Waals surface area contributed by atoms with Crippen LogP contribution in [-0.4, -0.2) is 25.1 Å². The first-order valence-electron chi connectivity index (χ1n) is 2.03. The second kappa shape index (κ2) is 1.69. The SMILES string of the molecule is BC1=NCCS1. The summed E-state index contributed by atoms with van der Waals surface area (Å²) < 4.78 is 0. The molecule has 1 aliphatic rings. The molecule has 0 spiro atoms. The Morgan fingerprint density at radius 2 is 2.67 bits per heavy atom. The number of hydrogen-bond acceptors (Lipinski definition) is 2. The molecule has 0 saturated carbocycles. The lowest BCUT2D eigenvalue weighted by atomic mass is 10.2. The maximum absolute atomic E-state index is 4.12. The van der Waals surface area contributed by atoms with Gasteiger partial charge in [-0.1, -0.05) is 0 Å². The van der Waals surface area contributed by atoms with E-state index < -0.39 is 0 Å². The lowest BCUT2D eigenvalue weighted by Crippen LogP contribution is -1.79. The fraction of sp³-hybridized carbons (Fsp3) is 0.667. The van der Waals surface area contributed by atoms with E-state index >= 15 is 0 Å². The van der Waals surface area contributed by atoms with E-state index in [9.17, 15) is 0 Å². The van der Waals surface area contributed by atoms with E-state index in [1.165, 1.54) is 10.7 Å². The zero-order valence-corrected chi connectivity index (χ0v) is 4.59. The molecule has 0 aliphatic carbocycles. The van der Waals surface area contributed by atoms with Crippen LogP contribution in [0.25, 0.3) is 0 Å². The van der Waals surface area contributed by atoms with Crippen LogP contribution < -0.4 is 0 Å². The molecule has 32 valence electrons. The van der Waals surface area contributed by atoms with Gasteiger partial charge in [0, 0.05) is 17.2 Å². The number of aliphatic imine (C=N–C) groups is 1. The Labute approximate surface area is 42.6 Å². The van der Waals surface area contributed by atoms with Gasteiger partial charge in [0.1, 0.15) is 0 Å². The quantitative estimate of drug-likeness (QED) is 0.380. The van der Waals surface area contributed by atoms with E-state index in [0.29, 0.717) is 0 Å². The van der Waals surface area contributed by atoms with Crippen molar-refractivity contribution in [1.82, 2.24) is 0 Å². The summed E-state index contributed by atoms with van der Waals surface area (Å²) in [7, 11) is 2.05. The summed E-state index contributed by atoms with van der Waals surface area (Å²) in [6.45, 7) is 1.04. The van der Waals surface area contributed by atoms with Crippen molar-refractivity contribution >= 4 is 24.6 Å². The molecule has 6 heavy (non-hydrogen) atoms. The fourth-order valence-electron chi connectivity index (χ4n) is 0.442. The van der Waals surface area contributed by atoms with Crippen molar-refractivity contribution in [3.8, 4) is 0 Å². The first-order chi connectivity index (χ1) is 2.89. The second-order valence-corrected chi connectivity index (χ2v) is 2.54. The number of thioether (sulfide) groups is 1. The Bertz CT molecular complexity index is 80.9. The van der Waals surface area contributed by atoms with Crippen LogP contribution in [0.2, 0.25) is 0 Å². The van der Waals surface area contributed by atoms with Crippen molar-refractivity contribution in [2.24, 2.45) is 4.99 Å². The second-order valence-electron chi connectivity index (χ2n) is 1.25. The van der Waals surface area contributed by atoms with Gasteiger partial charge < -0.3 is 0 Å². The van der Waals surface area contributed by atoms with Crippen LogP contribution >= 0.6 is 11.8 Å². The van der Waals surface area contributed by atoms with Crippen LogP contribution in [0.1, 0.15) is 0 Å². The van der Waals surface area contributed by atoms with Gasteiger partial charge in [0.2, 0.25) is 0 Å². The Morgan fingerprint density at radius 1 is 1.83 bits per heavy atom. The maximum atomic E-state index is 4.12. The van der Waals surface area contributed by atoms with Crippen molar-refractivity contribution in [1.29, 1.82) is 0 Å². The summed E-state index contributed by atoms with van der Waals surface area (Å²) >= 11 is 1.85. The Morgan fingerprint density at radius 3 is 2.83 bits per heavy atom. The third kappa shape index (κ3) is 0.774. The molecule has 0 fully saturated rings. The minimum atomic E-state index is 1.04. The molecule has 0 bridgehead atoms. The smallest absolute Gasteiger partial charge is 0.171 e. The predicted octanol–water partition coefficient (Wildman–Crippen LogP) is -0.278. The van der Waals surface area contributed by atoms with Crippen molar-refractivity contribution in [2.75, 3.05) is 12.3 Å². The molecule has 0 aromatic rings. The van der Waals surface area contributed by atoms with E-state index in [1.54, 1.807) is 0 Å². The van der Waals surface area contributed by atoms with Crippen LogP contribution in [0.4, 0.5) is 0 Å². The molecule has 0 atom stereocenters. The summed E-state index contributed by atoms with van der Waals surface area (Å²) in [6.07, 6.45) is 0. The molecule has 0 aromatic carbocycles. The van der Waals surface area contributed by atoms with E-state index in [4.69, 9.17) is 0 Å². The standard InChI is InChI=1S/C3H6BNS/c4-3-5-1-2-6-3/h1-2,4H2. The highest BCUT2D eigenvalue weighted by atomic mass is 32.2. The minimum absolute atomic E-state index is 1.04. The zero-order valence-electron chi connectivity index (χ0n) is 3.77. The summed E-state index contributed by atoms with van der Waals surface area (Å²) in [6, 6.07) is 0. The van der Waals surface area contributed by atoms with Crippen LogP contribution in [0.15, 0.2) is 4.99 Å². The highest BCUT2D eigenvalue weighted by Crippen LogP contribution is 2.06. The van der Waals surface area contributed by atoms with Gasteiger partial charge in [-0.3, -0.25) is 4.99 Å². The molecule has 1 aliphatic heterocycles. The van der Waals surface area contributed by atoms with Gasteiger partial charge in [0.25, 0.3) is 0 Å². The topological polar surface area (TPSA) is 12.4 Å². The largest absolute Gasteiger partial charge is 0.293 e. The van der Waals surface area contributed by atoms with Gasteiger partial charge in [-0.2, -0.15) is 0 Å². The Kier molecular flexibility index (Phi) is 1.20. The molecular formula is C3H6BNS. The number of nitrogens with zero attached hydrogens (tertiary/aromatic N) is 1. The van der Waals surface area contributed by atoms with Crippen molar-refractivity contribution in [3.05, 3.63) is 0 Å². The first kappa shape index (κ1) is 4.25. The van der Waals surface area contributed by atoms with Gasteiger partial charge in [-0.15, -0.1) is 11.8 Å². The highest BCUT2D eigenvalue weighted by molar-refractivity contribution is 8.16. The van der Waals surface area contributed by atoms with Crippen LogP contribution in [0, 0.1) is 0 Å². The first-order valence-corrected chi connectivity index (χ1v) is 3.02. The van der Waals surface area contributed by atoms with Crippen LogP contribution in [0.3, 0.4) is 0 Å². The van der Waals surface area contributed by atoms with Gasteiger partial charge in [-0.25, -0.2) is 0 Å². The maximum Gasteiger partial charge on any atom is 0.171 e. The highest BCUT2D eigenvalue weighted by Gasteiger charge is 1.96. The predicted molar refractivity (Wildman–Crippen MR) is 33.3 cm³/mol. The Hall–Kier alpha value is 0.0849. The fourth-order valence-corrected chi connectivity index (χ4v) is 1.10. The van der Waals surface area contributed by atoms with Gasteiger partial charge in [0.15, 0.2) is 7.85 Å². The molecule has 3 heteroatoms. The average Bonchev–Trinajstić information content (AvgIpc) is 1.86. The third-order valence-electron chi connectivity index (χ3n) is 0.737. The van der Waals surface area contributed by atoms with Crippen LogP contribution in [-0.2, 0) is 0 Å². The summed E-state index contributed by atoms with van der Waals surface area (Å²) in [5.41, 5.74) is 0. The number of hydrogen-bond donors (Lipinski definition) is 0. The molecule has 0 N–H and O–H groups in total. The molecule has 0 radical (unpaired) electrons. The van der Waals surface area contributed by atoms with Gasteiger partial charge in [0.05, 0.1) is 0 Å². The molecule has 0 aromatic heterocycles. The van der Waals surface area contributed by atoms with E-state index in [1.807, 2.05) is 11.8 Å². The average molecular weight is 99.0 g/mol. The lowest BCUT2D eigenvalue weighted by molar-refractivity contribution is 1.18. The van der Waals surface area contributed by atoms with E-state index in [0.717, 1.165) is 6.54 Å². The summed E-state index contributed by atoms with van der Waals surface area (Å²) in [5, 5.41) is 0. The third-order valence-corrected chi connectivity index (χ3v) is 1.67. The van der Waals surface area contributed by atoms with E-state index in [-0.39, 0.29) is 0 Å². The normalized spacial score (nSPS) is 21.0.